The van der Waals surface area contributed by atoms with E-state index in [1.54, 1.807) is 9.70 Å². The van der Waals surface area contributed by atoms with Gasteiger partial charge in [-0.1, -0.05) is 30.3 Å². The third-order valence-corrected chi connectivity index (χ3v) is 5.41. The molecule has 0 unspecified atom stereocenters. The summed E-state index contributed by atoms with van der Waals surface area (Å²) in [4.78, 5) is 4.81. The van der Waals surface area contributed by atoms with Crippen LogP contribution < -0.4 is 19.3 Å². The van der Waals surface area contributed by atoms with Gasteiger partial charge < -0.3 is 19.3 Å². The Balaban J connectivity index is 1.14. The summed E-state index contributed by atoms with van der Waals surface area (Å²) in [5.41, 5.74) is 2.30. The topological polar surface area (TPSA) is 70.9 Å². The van der Waals surface area contributed by atoms with Crippen LogP contribution >= 0.6 is 0 Å². The zero-order valence-corrected chi connectivity index (χ0v) is 15.7. The van der Waals surface area contributed by atoms with E-state index in [0.717, 1.165) is 56.5 Å². The molecule has 1 saturated heterocycles. The van der Waals surface area contributed by atoms with E-state index in [4.69, 9.17) is 9.47 Å². The zero-order valence-electron chi connectivity index (χ0n) is 15.7. The molecule has 0 amide bonds. The molecule has 1 aromatic heterocycles. The quantitative estimate of drug-likeness (QED) is 0.595. The first-order valence-electron chi connectivity index (χ1n) is 9.72. The van der Waals surface area contributed by atoms with Crippen molar-refractivity contribution in [2.24, 2.45) is 0 Å². The molecule has 1 fully saturated rings. The Kier molecular flexibility index (Phi) is 4.64. The first-order chi connectivity index (χ1) is 13.8. The number of tetrazole rings is 1. The van der Waals surface area contributed by atoms with Crippen molar-refractivity contribution in [1.29, 1.82) is 0 Å². The molecule has 5 rings (SSSR count). The van der Waals surface area contributed by atoms with Gasteiger partial charge in [0.15, 0.2) is 18.2 Å². The van der Waals surface area contributed by atoms with Crippen LogP contribution in [0.3, 0.4) is 0 Å². The van der Waals surface area contributed by atoms with Gasteiger partial charge in [-0.2, -0.15) is 0 Å². The number of fused-ring (bicyclic) bond motifs is 1. The molecule has 28 heavy (non-hydrogen) atoms. The second kappa shape index (κ2) is 7.57. The lowest BCUT2D eigenvalue weighted by Gasteiger charge is -2.29. The van der Waals surface area contributed by atoms with Crippen LogP contribution in [0.25, 0.3) is 11.4 Å². The fraction of sp³-hybridized carbons (Fsp3) is 0.350. The number of aromatic nitrogens is 4. The number of ether oxygens (including phenoxy) is 2. The van der Waals surface area contributed by atoms with Gasteiger partial charge in [0.25, 0.3) is 0 Å². The molecule has 3 aromatic rings. The number of hydrogen-bond donors (Lipinski definition) is 2. The van der Waals surface area contributed by atoms with Gasteiger partial charge in [-0.3, -0.25) is 0 Å². The van der Waals surface area contributed by atoms with E-state index < -0.39 is 0 Å². The highest BCUT2D eigenvalue weighted by molar-refractivity contribution is 5.52. The summed E-state index contributed by atoms with van der Waals surface area (Å²) < 4.78 is 10.9. The molecule has 0 bridgehead atoms. The minimum absolute atomic E-state index is 0.329. The smallest absolute Gasteiger partial charge is 0.231 e. The second-order valence-electron chi connectivity index (χ2n) is 7.37. The minimum Gasteiger partial charge on any atom is -0.454 e. The largest absolute Gasteiger partial charge is 0.454 e. The number of hydrogen-bond acceptors (Lipinski definition) is 5. The predicted molar refractivity (Wildman–Crippen MR) is 101 cm³/mol. The molecule has 8 nitrogen and oxygen atoms in total. The van der Waals surface area contributed by atoms with Crippen LogP contribution in [0, 0.1) is 0 Å². The van der Waals surface area contributed by atoms with Gasteiger partial charge in [-0.15, -0.1) is 15.0 Å². The summed E-state index contributed by atoms with van der Waals surface area (Å²) in [7, 11) is 0. The van der Waals surface area contributed by atoms with Crippen LogP contribution in [0.1, 0.15) is 5.56 Å². The number of nitrogens with zero attached hydrogens (tertiary/aromatic N) is 4. The Morgan fingerprint density at radius 3 is 2.54 bits per heavy atom. The normalized spacial score (nSPS) is 21.0. The van der Waals surface area contributed by atoms with E-state index >= 15 is 0 Å². The maximum atomic E-state index is 5.49. The molecule has 3 heterocycles. The number of piperazine rings is 1. The third kappa shape index (κ3) is 3.69. The first-order valence-corrected chi connectivity index (χ1v) is 9.72. The lowest BCUT2D eigenvalue weighted by molar-refractivity contribution is -1.03. The van der Waals surface area contributed by atoms with Crippen molar-refractivity contribution in [3.8, 4) is 22.9 Å². The summed E-state index contributed by atoms with van der Waals surface area (Å²) in [5.74, 6) is 2.41. The lowest BCUT2D eigenvalue weighted by atomic mass is 10.1. The first kappa shape index (κ1) is 17.2. The summed E-state index contributed by atoms with van der Waals surface area (Å²) in [5, 5.41) is 13.0. The van der Waals surface area contributed by atoms with Gasteiger partial charge in [-0.05, 0) is 23.4 Å². The highest BCUT2D eigenvalue weighted by Crippen LogP contribution is 2.32. The average molecular weight is 380 g/mol. The lowest BCUT2D eigenvalue weighted by Crippen LogP contribution is -3.27. The molecule has 2 aliphatic heterocycles. The molecule has 8 heteroatoms. The van der Waals surface area contributed by atoms with Gasteiger partial charge in [-0.25, -0.2) is 0 Å². The fourth-order valence-corrected chi connectivity index (χ4v) is 3.84. The summed E-state index contributed by atoms with van der Waals surface area (Å²) in [6.07, 6.45) is 0. The van der Waals surface area contributed by atoms with Crippen LogP contribution in [0.5, 0.6) is 11.5 Å². The number of benzene rings is 2. The van der Waals surface area contributed by atoms with Crippen molar-refractivity contribution < 1.29 is 19.3 Å². The Hall–Kier alpha value is -2.97. The molecule has 144 valence electrons. The van der Waals surface area contributed by atoms with E-state index in [0.29, 0.717) is 12.6 Å². The van der Waals surface area contributed by atoms with Gasteiger partial charge in [0, 0.05) is 11.1 Å². The van der Waals surface area contributed by atoms with Crippen molar-refractivity contribution >= 4 is 0 Å². The van der Waals surface area contributed by atoms with Crippen LogP contribution in [-0.2, 0) is 13.2 Å². The molecular formula is C20H24N6O2+2. The maximum Gasteiger partial charge on any atom is 0.231 e. The number of nitrogens with one attached hydrogen (secondary N) is 2. The predicted octanol–water partition coefficient (Wildman–Crippen LogP) is -0.990. The highest BCUT2D eigenvalue weighted by atomic mass is 16.7. The maximum absolute atomic E-state index is 5.49. The third-order valence-electron chi connectivity index (χ3n) is 5.41. The van der Waals surface area contributed by atoms with Crippen LogP contribution in [0.2, 0.25) is 0 Å². The van der Waals surface area contributed by atoms with Crippen molar-refractivity contribution in [1.82, 2.24) is 20.2 Å². The highest BCUT2D eigenvalue weighted by Gasteiger charge is 2.24. The molecule has 0 spiro atoms. The van der Waals surface area contributed by atoms with Crippen molar-refractivity contribution in [3.63, 3.8) is 0 Å². The fourth-order valence-electron chi connectivity index (χ4n) is 3.84. The molecular weight excluding hydrogens is 356 g/mol. The van der Waals surface area contributed by atoms with Gasteiger partial charge in [0.05, 0.1) is 0 Å². The monoisotopic (exact) mass is 380 g/mol. The van der Waals surface area contributed by atoms with E-state index in [1.165, 1.54) is 10.5 Å². The second-order valence-corrected chi connectivity index (χ2v) is 7.37. The summed E-state index contributed by atoms with van der Waals surface area (Å²) >= 11 is 0. The average Bonchev–Trinajstić information content (AvgIpc) is 3.39. The molecule has 0 atom stereocenters. The molecule has 2 aromatic carbocycles. The molecule has 2 aliphatic rings. The SMILES string of the molecule is c1ccc(-c2nnn(C[NH+]3CC[NH+](Cc4ccc5c(c4)OCO5)CC3)n2)cc1. The Bertz CT molecular complexity index is 937. The Labute approximate surface area is 163 Å². The van der Waals surface area contributed by atoms with E-state index in [1.807, 2.05) is 36.4 Å². The van der Waals surface area contributed by atoms with Crippen LogP contribution in [0.15, 0.2) is 48.5 Å². The summed E-state index contributed by atoms with van der Waals surface area (Å²) in [6, 6.07) is 16.2. The van der Waals surface area contributed by atoms with Crippen LogP contribution in [0.4, 0.5) is 0 Å². The minimum atomic E-state index is 0.329. The van der Waals surface area contributed by atoms with Crippen molar-refractivity contribution in [3.05, 3.63) is 54.1 Å². The molecule has 0 saturated carbocycles. The number of quaternary nitrogens is 2. The van der Waals surface area contributed by atoms with Crippen LogP contribution in [-0.4, -0.2) is 53.2 Å². The van der Waals surface area contributed by atoms with E-state index in [2.05, 4.69) is 27.5 Å². The van der Waals surface area contributed by atoms with Crippen molar-refractivity contribution in [2.45, 2.75) is 13.2 Å². The van der Waals surface area contributed by atoms with Gasteiger partial charge >= 0.3 is 0 Å². The zero-order chi connectivity index (χ0) is 18.8. The molecule has 0 aliphatic carbocycles. The van der Waals surface area contributed by atoms with Gasteiger partial charge in [0.1, 0.15) is 32.7 Å². The molecule has 0 radical (unpaired) electrons. The molecule has 2 N–H and O–H groups in total. The number of rotatable bonds is 5. The van der Waals surface area contributed by atoms with E-state index in [-0.39, 0.29) is 0 Å². The summed E-state index contributed by atoms with van der Waals surface area (Å²) in [6.45, 7) is 6.56. The van der Waals surface area contributed by atoms with Crippen molar-refractivity contribution in [2.75, 3.05) is 33.0 Å². The Morgan fingerprint density at radius 2 is 1.68 bits per heavy atom. The van der Waals surface area contributed by atoms with Gasteiger partial charge in [0.2, 0.25) is 12.6 Å². The van der Waals surface area contributed by atoms with E-state index in [9.17, 15) is 0 Å². The Morgan fingerprint density at radius 1 is 0.893 bits per heavy atom. The standard InChI is InChI=1S/C20H22N6O2/c1-2-4-17(5-3-1)20-21-23-26(22-20)14-25-10-8-24(9-11-25)13-16-6-7-18-19(12-16)28-15-27-18/h1-7,12H,8-11,13-15H2/p+2.